The Kier molecular flexibility index (Phi) is 2.85. The highest BCUT2D eigenvalue weighted by Crippen LogP contribution is 2.30. The van der Waals surface area contributed by atoms with Crippen molar-refractivity contribution in [1.29, 1.82) is 0 Å². The third-order valence-electron chi connectivity index (χ3n) is 4.06. The number of benzene rings is 1. The topological polar surface area (TPSA) is 30.2 Å². The second kappa shape index (κ2) is 4.44. The zero-order valence-corrected chi connectivity index (χ0v) is 12.7. The second-order valence-electron chi connectivity index (χ2n) is 5.54. The minimum Gasteiger partial charge on any atom is -0.232 e. The molecule has 3 nitrogen and oxygen atoms in total. The van der Waals surface area contributed by atoms with Crippen LogP contribution in [0.2, 0.25) is 0 Å². The van der Waals surface area contributed by atoms with Crippen molar-refractivity contribution in [3.63, 3.8) is 0 Å². The molecule has 0 radical (unpaired) electrons. The molecule has 0 aliphatic carbocycles. The lowest BCUT2D eigenvalue weighted by Crippen LogP contribution is -1.99. The normalized spacial score (nSPS) is 11.2. The average Bonchev–Trinajstić information content (AvgIpc) is 2.76. The number of aromatic nitrogens is 3. The van der Waals surface area contributed by atoms with Gasteiger partial charge in [-0.05, 0) is 69.0 Å². The summed E-state index contributed by atoms with van der Waals surface area (Å²) in [5.41, 5.74) is 9.37. The van der Waals surface area contributed by atoms with Crippen molar-refractivity contribution in [2.24, 2.45) is 0 Å². The van der Waals surface area contributed by atoms with E-state index in [-0.39, 0.29) is 0 Å². The van der Waals surface area contributed by atoms with Gasteiger partial charge in [-0.2, -0.15) is 5.10 Å². The van der Waals surface area contributed by atoms with Gasteiger partial charge in [0.25, 0.3) is 0 Å². The van der Waals surface area contributed by atoms with E-state index in [1.54, 1.807) is 0 Å². The third-order valence-corrected chi connectivity index (χ3v) is 4.06. The Morgan fingerprint density at radius 1 is 0.900 bits per heavy atom. The predicted octanol–water partition coefficient (Wildman–Crippen LogP) is 3.94. The molecule has 20 heavy (non-hydrogen) atoms. The summed E-state index contributed by atoms with van der Waals surface area (Å²) in [7, 11) is 0. The van der Waals surface area contributed by atoms with E-state index in [1.165, 1.54) is 27.8 Å². The number of rotatable bonds is 1. The summed E-state index contributed by atoms with van der Waals surface area (Å²) in [6.45, 7) is 10.6. The number of fused-ring (bicyclic) bond motifs is 1. The van der Waals surface area contributed by atoms with Crippen LogP contribution in [-0.4, -0.2) is 14.6 Å². The summed E-state index contributed by atoms with van der Waals surface area (Å²) in [6.07, 6.45) is 1.96. The minimum absolute atomic E-state index is 0.894. The van der Waals surface area contributed by atoms with Crippen LogP contribution in [0.25, 0.3) is 16.9 Å². The van der Waals surface area contributed by atoms with E-state index in [0.717, 1.165) is 17.0 Å². The smallest absolute Gasteiger partial charge is 0.153 e. The Morgan fingerprint density at radius 2 is 1.55 bits per heavy atom. The van der Waals surface area contributed by atoms with Crippen molar-refractivity contribution < 1.29 is 0 Å². The van der Waals surface area contributed by atoms with Gasteiger partial charge in [0.15, 0.2) is 5.65 Å². The molecule has 102 valence electrons. The quantitative estimate of drug-likeness (QED) is 0.667. The van der Waals surface area contributed by atoms with E-state index in [4.69, 9.17) is 5.10 Å². The van der Waals surface area contributed by atoms with Gasteiger partial charge in [0, 0.05) is 5.56 Å². The monoisotopic (exact) mass is 265 g/mol. The SMILES string of the molecule is Cc1cn2nc(-c3c(C)c(C)cc(C)c3C)ccc2n1. The standard InChI is InChI=1S/C17H19N3/c1-10-8-11(2)14(5)17(13(10)4)15-6-7-16-18-12(3)9-20(16)19-15/h6-9H,1-5H3. The molecule has 0 bridgehead atoms. The lowest BCUT2D eigenvalue weighted by Gasteiger charge is -2.14. The Morgan fingerprint density at radius 3 is 2.20 bits per heavy atom. The van der Waals surface area contributed by atoms with Crippen LogP contribution in [0.5, 0.6) is 0 Å². The molecule has 0 aliphatic rings. The fourth-order valence-corrected chi connectivity index (χ4v) is 2.73. The molecular formula is C17H19N3. The predicted molar refractivity (Wildman–Crippen MR) is 82.1 cm³/mol. The Hall–Kier alpha value is -2.16. The van der Waals surface area contributed by atoms with Gasteiger partial charge >= 0.3 is 0 Å². The number of aryl methyl sites for hydroxylation is 3. The van der Waals surface area contributed by atoms with Gasteiger partial charge in [-0.25, -0.2) is 9.50 Å². The molecule has 2 aromatic heterocycles. The molecule has 0 spiro atoms. The van der Waals surface area contributed by atoms with E-state index >= 15 is 0 Å². The molecule has 0 N–H and O–H groups in total. The zero-order valence-electron chi connectivity index (χ0n) is 12.7. The van der Waals surface area contributed by atoms with Crippen molar-refractivity contribution in [3.8, 4) is 11.3 Å². The summed E-state index contributed by atoms with van der Waals surface area (Å²) in [4.78, 5) is 4.43. The minimum atomic E-state index is 0.894. The molecule has 2 heterocycles. The molecular weight excluding hydrogens is 246 g/mol. The summed E-state index contributed by atoms with van der Waals surface area (Å²) in [6, 6.07) is 6.34. The number of nitrogens with zero attached hydrogens (tertiary/aromatic N) is 3. The molecule has 0 unspecified atom stereocenters. The highest BCUT2D eigenvalue weighted by atomic mass is 15.2. The van der Waals surface area contributed by atoms with Crippen LogP contribution in [0.3, 0.4) is 0 Å². The van der Waals surface area contributed by atoms with Gasteiger partial charge in [0.05, 0.1) is 17.6 Å². The van der Waals surface area contributed by atoms with Gasteiger partial charge in [0.1, 0.15) is 0 Å². The van der Waals surface area contributed by atoms with Crippen LogP contribution in [-0.2, 0) is 0 Å². The van der Waals surface area contributed by atoms with Gasteiger partial charge in [-0.3, -0.25) is 0 Å². The van der Waals surface area contributed by atoms with Crippen molar-refractivity contribution >= 4 is 5.65 Å². The summed E-state index contributed by atoms with van der Waals surface area (Å²) < 4.78 is 1.86. The largest absolute Gasteiger partial charge is 0.232 e. The van der Waals surface area contributed by atoms with Gasteiger partial charge in [0.2, 0.25) is 0 Å². The summed E-state index contributed by atoms with van der Waals surface area (Å²) in [5.74, 6) is 0. The first-order valence-electron chi connectivity index (χ1n) is 6.88. The van der Waals surface area contributed by atoms with Crippen molar-refractivity contribution in [2.75, 3.05) is 0 Å². The van der Waals surface area contributed by atoms with Gasteiger partial charge < -0.3 is 0 Å². The molecule has 0 fully saturated rings. The Labute approximate surface area is 119 Å². The first kappa shape index (κ1) is 12.9. The van der Waals surface area contributed by atoms with E-state index in [2.05, 4.69) is 44.8 Å². The lowest BCUT2D eigenvalue weighted by atomic mass is 9.92. The molecule has 1 aromatic carbocycles. The Bertz CT molecular complexity index is 786. The summed E-state index contributed by atoms with van der Waals surface area (Å²) >= 11 is 0. The summed E-state index contributed by atoms with van der Waals surface area (Å²) in [5, 5.41) is 4.72. The fraction of sp³-hybridized carbons (Fsp3) is 0.294. The lowest BCUT2D eigenvalue weighted by molar-refractivity contribution is 0.938. The first-order chi connectivity index (χ1) is 9.47. The number of hydrogen-bond acceptors (Lipinski definition) is 2. The van der Waals surface area contributed by atoms with Crippen LogP contribution >= 0.6 is 0 Å². The van der Waals surface area contributed by atoms with Crippen LogP contribution < -0.4 is 0 Å². The molecule has 0 aliphatic heterocycles. The van der Waals surface area contributed by atoms with E-state index in [9.17, 15) is 0 Å². The highest BCUT2D eigenvalue weighted by molar-refractivity contribution is 5.71. The average molecular weight is 265 g/mol. The fourth-order valence-electron chi connectivity index (χ4n) is 2.73. The van der Waals surface area contributed by atoms with Crippen molar-refractivity contribution in [1.82, 2.24) is 14.6 Å². The zero-order chi connectivity index (χ0) is 14.4. The molecule has 0 amide bonds. The molecule has 3 rings (SSSR count). The maximum atomic E-state index is 4.72. The molecule has 3 aromatic rings. The molecule has 3 heteroatoms. The second-order valence-corrected chi connectivity index (χ2v) is 5.54. The van der Waals surface area contributed by atoms with E-state index in [0.29, 0.717) is 0 Å². The van der Waals surface area contributed by atoms with Crippen LogP contribution in [0.15, 0.2) is 24.4 Å². The highest BCUT2D eigenvalue weighted by Gasteiger charge is 2.12. The van der Waals surface area contributed by atoms with Crippen molar-refractivity contribution in [2.45, 2.75) is 34.6 Å². The van der Waals surface area contributed by atoms with Crippen molar-refractivity contribution in [3.05, 3.63) is 52.3 Å². The molecule has 0 saturated heterocycles. The van der Waals surface area contributed by atoms with Crippen LogP contribution in [0.4, 0.5) is 0 Å². The molecule has 0 saturated carbocycles. The van der Waals surface area contributed by atoms with Crippen LogP contribution in [0.1, 0.15) is 27.9 Å². The van der Waals surface area contributed by atoms with Crippen LogP contribution in [0, 0.1) is 34.6 Å². The number of hydrogen-bond donors (Lipinski definition) is 0. The van der Waals surface area contributed by atoms with E-state index < -0.39 is 0 Å². The van der Waals surface area contributed by atoms with Gasteiger partial charge in [-0.15, -0.1) is 0 Å². The van der Waals surface area contributed by atoms with Gasteiger partial charge in [-0.1, -0.05) is 6.07 Å². The Balaban J connectivity index is 2.30. The molecule has 0 atom stereocenters. The number of imidazole rings is 1. The maximum Gasteiger partial charge on any atom is 0.153 e. The maximum absolute atomic E-state index is 4.72. The van der Waals surface area contributed by atoms with E-state index in [1.807, 2.05) is 23.7 Å². The first-order valence-corrected chi connectivity index (χ1v) is 6.88. The third kappa shape index (κ3) is 1.90.